The van der Waals surface area contributed by atoms with Gasteiger partial charge in [0, 0.05) is 6.42 Å². The molecule has 96 valence electrons. The third kappa shape index (κ3) is 4.87. The summed E-state index contributed by atoms with van der Waals surface area (Å²) in [6, 6.07) is 5.55. The van der Waals surface area contributed by atoms with Crippen LogP contribution in [0.2, 0.25) is 10.0 Å². The van der Waals surface area contributed by atoms with Crippen LogP contribution in [-0.2, 0) is 6.42 Å². The molecule has 0 bridgehead atoms. The van der Waals surface area contributed by atoms with E-state index < -0.39 is 5.60 Å². The molecule has 0 aliphatic rings. The smallest absolute Gasteiger partial charge is 0.0660 e. The zero-order valence-electron chi connectivity index (χ0n) is 10.5. The minimum atomic E-state index is -0.705. The Morgan fingerprint density at radius 2 is 1.94 bits per heavy atom. The van der Waals surface area contributed by atoms with Crippen LogP contribution in [-0.4, -0.2) is 10.7 Å². The van der Waals surface area contributed by atoms with Gasteiger partial charge >= 0.3 is 0 Å². The van der Waals surface area contributed by atoms with E-state index in [2.05, 4.69) is 6.92 Å². The highest BCUT2D eigenvalue weighted by Gasteiger charge is 2.22. The Morgan fingerprint density at radius 3 is 2.59 bits per heavy atom. The van der Waals surface area contributed by atoms with Crippen molar-refractivity contribution in [3.8, 4) is 0 Å². The van der Waals surface area contributed by atoms with E-state index in [1.54, 1.807) is 6.07 Å². The van der Waals surface area contributed by atoms with Crippen molar-refractivity contribution in [2.24, 2.45) is 0 Å². The van der Waals surface area contributed by atoms with Crippen molar-refractivity contribution < 1.29 is 5.11 Å². The quantitative estimate of drug-likeness (QED) is 0.734. The first-order chi connectivity index (χ1) is 7.96. The lowest BCUT2D eigenvalue weighted by Crippen LogP contribution is -2.27. The molecule has 0 spiro atoms. The SMILES string of the molecule is CCCCCC(C)(O)Cc1cccc(Cl)c1Cl. The molecule has 0 aliphatic heterocycles. The zero-order valence-corrected chi connectivity index (χ0v) is 12.0. The highest BCUT2D eigenvalue weighted by atomic mass is 35.5. The Balaban J connectivity index is 2.65. The van der Waals surface area contributed by atoms with Gasteiger partial charge < -0.3 is 5.11 Å². The van der Waals surface area contributed by atoms with Crippen molar-refractivity contribution in [3.63, 3.8) is 0 Å². The van der Waals surface area contributed by atoms with Crippen molar-refractivity contribution in [2.45, 2.75) is 51.6 Å². The molecular formula is C14H20Cl2O. The number of hydrogen-bond donors (Lipinski definition) is 1. The Labute approximate surface area is 114 Å². The number of hydrogen-bond acceptors (Lipinski definition) is 1. The largest absolute Gasteiger partial charge is 0.390 e. The molecule has 0 aliphatic carbocycles. The van der Waals surface area contributed by atoms with Gasteiger partial charge in [0.2, 0.25) is 0 Å². The van der Waals surface area contributed by atoms with Gasteiger partial charge in [-0.1, -0.05) is 61.5 Å². The summed E-state index contributed by atoms with van der Waals surface area (Å²) in [6.45, 7) is 4.02. The normalized spacial score (nSPS) is 14.6. The van der Waals surface area contributed by atoms with Crippen LogP contribution in [0.3, 0.4) is 0 Å². The van der Waals surface area contributed by atoms with E-state index in [1.165, 1.54) is 0 Å². The van der Waals surface area contributed by atoms with Crippen molar-refractivity contribution in [1.29, 1.82) is 0 Å². The van der Waals surface area contributed by atoms with Crippen LogP contribution in [0.5, 0.6) is 0 Å². The fourth-order valence-corrected chi connectivity index (χ4v) is 2.33. The van der Waals surface area contributed by atoms with Crippen LogP contribution >= 0.6 is 23.2 Å². The first-order valence-electron chi connectivity index (χ1n) is 6.11. The van der Waals surface area contributed by atoms with E-state index in [0.29, 0.717) is 16.5 Å². The summed E-state index contributed by atoms with van der Waals surface area (Å²) < 4.78 is 0. The maximum absolute atomic E-state index is 10.3. The predicted octanol–water partition coefficient (Wildman–Crippen LogP) is 4.87. The van der Waals surface area contributed by atoms with Crippen molar-refractivity contribution in [2.75, 3.05) is 0 Å². The first-order valence-corrected chi connectivity index (χ1v) is 6.87. The Morgan fingerprint density at radius 1 is 1.24 bits per heavy atom. The molecule has 0 saturated carbocycles. The minimum absolute atomic E-state index is 0.550. The molecule has 0 saturated heterocycles. The van der Waals surface area contributed by atoms with Gasteiger partial charge in [0.25, 0.3) is 0 Å². The van der Waals surface area contributed by atoms with E-state index in [1.807, 2.05) is 19.1 Å². The number of aliphatic hydroxyl groups is 1. The maximum atomic E-state index is 10.3. The van der Waals surface area contributed by atoms with Crippen LogP contribution < -0.4 is 0 Å². The van der Waals surface area contributed by atoms with Gasteiger partial charge in [-0.25, -0.2) is 0 Å². The van der Waals surface area contributed by atoms with Crippen LogP contribution in [0.4, 0.5) is 0 Å². The van der Waals surface area contributed by atoms with Crippen LogP contribution in [0.25, 0.3) is 0 Å². The average molecular weight is 275 g/mol. The molecule has 3 heteroatoms. The lowest BCUT2D eigenvalue weighted by molar-refractivity contribution is 0.0486. The third-order valence-electron chi connectivity index (χ3n) is 2.92. The molecule has 1 atom stereocenters. The average Bonchev–Trinajstić information content (AvgIpc) is 2.25. The van der Waals surface area contributed by atoms with Crippen LogP contribution in [0, 0.1) is 0 Å². The standard InChI is InChI=1S/C14H20Cl2O/c1-3-4-5-9-14(2,17)10-11-7-6-8-12(15)13(11)16/h6-8,17H,3-5,9-10H2,1-2H3. The monoisotopic (exact) mass is 274 g/mol. The minimum Gasteiger partial charge on any atom is -0.390 e. The summed E-state index contributed by atoms with van der Waals surface area (Å²) in [5, 5.41) is 11.4. The number of unbranched alkanes of at least 4 members (excludes halogenated alkanes) is 2. The van der Waals surface area contributed by atoms with Crippen molar-refractivity contribution >= 4 is 23.2 Å². The molecule has 0 aromatic heterocycles. The molecule has 17 heavy (non-hydrogen) atoms. The number of rotatable bonds is 6. The Kier molecular flexibility index (Phi) is 5.78. The van der Waals surface area contributed by atoms with Gasteiger partial charge in [-0.15, -0.1) is 0 Å². The van der Waals surface area contributed by atoms with Gasteiger partial charge in [0.15, 0.2) is 0 Å². The van der Waals surface area contributed by atoms with Crippen molar-refractivity contribution in [1.82, 2.24) is 0 Å². The molecule has 1 unspecified atom stereocenters. The molecule has 0 heterocycles. The van der Waals surface area contributed by atoms with E-state index >= 15 is 0 Å². The molecule has 1 N–H and O–H groups in total. The summed E-state index contributed by atoms with van der Waals surface area (Å²) >= 11 is 12.1. The fourth-order valence-electron chi connectivity index (χ4n) is 1.94. The zero-order chi connectivity index (χ0) is 12.9. The van der Waals surface area contributed by atoms with E-state index in [9.17, 15) is 5.11 Å². The topological polar surface area (TPSA) is 20.2 Å². The summed E-state index contributed by atoms with van der Waals surface area (Å²) in [5.41, 5.74) is 0.212. The van der Waals surface area contributed by atoms with Gasteiger partial charge in [0.05, 0.1) is 15.6 Å². The second-order valence-corrected chi connectivity index (χ2v) is 5.63. The van der Waals surface area contributed by atoms with Crippen LogP contribution in [0.1, 0.15) is 45.1 Å². The lowest BCUT2D eigenvalue weighted by atomic mass is 9.91. The Hall–Kier alpha value is -0.240. The summed E-state index contributed by atoms with van der Waals surface area (Å²) in [5.74, 6) is 0. The first kappa shape index (κ1) is 14.8. The molecule has 0 radical (unpaired) electrons. The van der Waals surface area contributed by atoms with E-state index in [4.69, 9.17) is 23.2 Å². The van der Waals surface area contributed by atoms with E-state index in [-0.39, 0.29) is 0 Å². The van der Waals surface area contributed by atoms with E-state index in [0.717, 1.165) is 31.2 Å². The summed E-state index contributed by atoms with van der Waals surface area (Å²) in [6.07, 6.45) is 4.70. The van der Waals surface area contributed by atoms with Gasteiger partial charge in [0.1, 0.15) is 0 Å². The molecule has 0 fully saturated rings. The second kappa shape index (κ2) is 6.63. The molecule has 1 aromatic carbocycles. The molecular weight excluding hydrogens is 255 g/mol. The number of halogens is 2. The van der Waals surface area contributed by atoms with Gasteiger partial charge in [-0.2, -0.15) is 0 Å². The summed E-state index contributed by atoms with van der Waals surface area (Å²) in [7, 11) is 0. The molecule has 1 rings (SSSR count). The predicted molar refractivity (Wildman–Crippen MR) is 74.9 cm³/mol. The highest BCUT2D eigenvalue weighted by Crippen LogP contribution is 2.29. The second-order valence-electron chi connectivity index (χ2n) is 4.84. The molecule has 0 amide bonds. The van der Waals surface area contributed by atoms with Gasteiger partial charge in [-0.3, -0.25) is 0 Å². The lowest BCUT2D eigenvalue weighted by Gasteiger charge is -2.24. The summed E-state index contributed by atoms with van der Waals surface area (Å²) in [4.78, 5) is 0. The van der Waals surface area contributed by atoms with Crippen molar-refractivity contribution in [3.05, 3.63) is 33.8 Å². The molecule has 1 nitrogen and oxygen atoms in total. The van der Waals surface area contributed by atoms with Gasteiger partial charge in [-0.05, 0) is 25.0 Å². The Bertz CT molecular complexity index is 361. The highest BCUT2D eigenvalue weighted by molar-refractivity contribution is 6.42. The van der Waals surface area contributed by atoms with Crippen LogP contribution in [0.15, 0.2) is 18.2 Å². The fraction of sp³-hybridized carbons (Fsp3) is 0.571. The maximum Gasteiger partial charge on any atom is 0.0660 e. The third-order valence-corrected chi connectivity index (χ3v) is 3.78. The molecule has 1 aromatic rings. The number of benzene rings is 1.